The molecule has 0 bridgehead atoms. The summed E-state index contributed by atoms with van der Waals surface area (Å²) in [4.78, 5) is 12.3. The van der Waals surface area contributed by atoms with Gasteiger partial charge >= 0.3 is 0 Å². The van der Waals surface area contributed by atoms with Gasteiger partial charge in [-0.15, -0.1) is 0 Å². The van der Waals surface area contributed by atoms with Crippen molar-refractivity contribution in [3.63, 3.8) is 0 Å². The van der Waals surface area contributed by atoms with Gasteiger partial charge in [0, 0.05) is 17.0 Å². The quantitative estimate of drug-likeness (QED) is 0.802. The van der Waals surface area contributed by atoms with E-state index in [0.29, 0.717) is 12.3 Å². The molecule has 0 saturated carbocycles. The van der Waals surface area contributed by atoms with Crippen LogP contribution in [-0.2, 0) is 11.2 Å². The zero-order chi connectivity index (χ0) is 16.4. The third kappa shape index (κ3) is 2.85. The molecule has 1 aromatic heterocycles. The SMILES string of the molecule is O=C(Cc1ccon1)NC1CCCOc2c1ccc1ccccc21. The van der Waals surface area contributed by atoms with Crippen LogP contribution in [0, 0.1) is 0 Å². The molecule has 0 fully saturated rings. The molecule has 1 N–H and O–H groups in total. The van der Waals surface area contributed by atoms with Gasteiger partial charge in [-0.3, -0.25) is 4.79 Å². The number of benzene rings is 2. The summed E-state index contributed by atoms with van der Waals surface area (Å²) in [5, 5.41) is 9.14. The van der Waals surface area contributed by atoms with E-state index in [1.165, 1.54) is 6.26 Å². The van der Waals surface area contributed by atoms with Gasteiger partial charge in [0.25, 0.3) is 0 Å². The molecule has 1 atom stereocenters. The summed E-state index contributed by atoms with van der Waals surface area (Å²) >= 11 is 0. The number of carbonyl (C=O) groups excluding carboxylic acids is 1. The zero-order valence-corrected chi connectivity index (χ0v) is 13.2. The molecule has 1 aliphatic rings. The predicted molar refractivity (Wildman–Crippen MR) is 89.8 cm³/mol. The first-order chi connectivity index (χ1) is 11.8. The number of nitrogens with zero attached hydrogens (tertiary/aromatic N) is 1. The first-order valence-corrected chi connectivity index (χ1v) is 8.14. The average Bonchev–Trinajstić information content (AvgIpc) is 3.01. The van der Waals surface area contributed by atoms with Crippen molar-refractivity contribution in [3.05, 3.63) is 60.0 Å². The van der Waals surface area contributed by atoms with E-state index in [0.717, 1.165) is 34.9 Å². The van der Waals surface area contributed by atoms with E-state index in [4.69, 9.17) is 9.26 Å². The van der Waals surface area contributed by atoms with Gasteiger partial charge < -0.3 is 14.6 Å². The zero-order valence-electron chi connectivity index (χ0n) is 13.2. The molecule has 0 aliphatic carbocycles. The van der Waals surface area contributed by atoms with Gasteiger partial charge in [0.15, 0.2) is 0 Å². The molecule has 4 rings (SSSR count). The van der Waals surface area contributed by atoms with E-state index < -0.39 is 0 Å². The fourth-order valence-corrected chi connectivity index (χ4v) is 3.20. The summed E-state index contributed by atoms with van der Waals surface area (Å²) in [7, 11) is 0. The number of ether oxygens (including phenoxy) is 1. The molecular weight excluding hydrogens is 304 g/mol. The number of amides is 1. The van der Waals surface area contributed by atoms with E-state index in [1.807, 2.05) is 12.1 Å². The topological polar surface area (TPSA) is 64.4 Å². The molecule has 1 amide bonds. The van der Waals surface area contributed by atoms with Crippen molar-refractivity contribution in [1.29, 1.82) is 0 Å². The van der Waals surface area contributed by atoms with Crippen molar-refractivity contribution in [3.8, 4) is 5.75 Å². The maximum Gasteiger partial charge on any atom is 0.226 e. The maximum atomic E-state index is 12.3. The third-order valence-corrected chi connectivity index (χ3v) is 4.34. The number of aromatic nitrogens is 1. The molecule has 0 saturated heterocycles. The highest BCUT2D eigenvalue weighted by Crippen LogP contribution is 2.37. The maximum absolute atomic E-state index is 12.3. The number of nitrogens with one attached hydrogen (secondary N) is 1. The highest BCUT2D eigenvalue weighted by Gasteiger charge is 2.23. The third-order valence-electron chi connectivity index (χ3n) is 4.34. The van der Waals surface area contributed by atoms with Crippen LogP contribution in [0.1, 0.15) is 30.1 Å². The van der Waals surface area contributed by atoms with Crippen LogP contribution in [-0.4, -0.2) is 17.7 Å². The lowest BCUT2D eigenvalue weighted by molar-refractivity contribution is -0.121. The van der Waals surface area contributed by atoms with Crippen molar-refractivity contribution in [1.82, 2.24) is 10.5 Å². The Labute approximate surface area is 139 Å². The Hall–Kier alpha value is -2.82. The molecule has 2 heterocycles. The van der Waals surface area contributed by atoms with Gasteiger partial charge in [-0.1, -0.05) is 41.6 Å². The monoisotopic (exact) mass is 322 g/mol. The molecule has 24 heavy (non-hydrogen) atoms. The van der Waals surface area contributed by atoms with Gasteiger partial charge in [0.1, 0.15) is 12.0 Å². The summed E-state index contributed by atoms with van der Waals surface area (Å²) in [5.74, 6) is 0.826. The van der Waals surface area contributed by atoms with Gasteiger partial charge in [-0.2, -0.15) is 0 Å². The van der Waals surface area contributed by atoms with Crippen molar-refractivity contribution in [2.75, 3.05) is 6.61 Å². The molecule has 0 spiro atoms. The van der Waals surface area contributed by atoms with Crippen LogP contribution in [0.15, 0.2) is 53.3 Å². The smallest absolute Gasteiger partial charge is 0.226 e. The number of fused-ring (bicyclic) bond motifs is 3. The van der Waals surface area contributed by atoms with Crippen molar-refractivity contribution in [2.45, 2.75) is 25.3 Å². The van der Waals surface area contributed by atoms with Crippen LogP contribution in [0.25, 0.3) is 10.8 Å². The molecule has 3 aromatic rings. The molecule has 2 aromatic carbocycles. The Morgan fingerprint density at radius 2 is 2.12 bits per heavy atom. The molecule has 1 unspecified atom stereocenters. The van der Waals surface area contributed by atoms with E-state index in [9.17, 15) is 4.79 Å². The Kier molecular flexibility index (Phi) is 3.91. The normalized spacial score (nSPS) is 16.9. The molecule has 5 nitrogen and oxygen atoms in total. The van der Waals surface area contributed by atoms with E-state index in [1.54, 1.807) is 6.07 Å². The summed E-state index contributed by atoms with van der Waals surface area (Å²) in [6.45, 7) is 0.663. The van der Waals surface area contributed by atoms with Crippen LogP contribution < -0.4 is 10.1 Å². The van der Waals surface area contributed by atoms with Crippen LogP contribution in [0.4, 0.5) is 0 Å². The van der Waals surface area contributed by atoms with E-state index in [2.05, 4.69) is 34.7 Å². The Morgan fingerprint density at radius 1 is 1.21 bits per heavy atom. The van der Waals surface area contributed by atoms with Gasteiger partial charge in [0.05, 0.1) is 24.8 Å². The molecule has 0 radical (unpaired) electrons. The second-order valence-corrected chi connectivity index (χ2v) is 5.98. The number of rotatable bonds is 3. The van der Waals surface area contributed by atoms with Crippen molar-refractivity contribution < 1.29 is 14.1 Å². The van der Waals surface area contributed by atoms with Crippen LogP contribution in [0.3, 0.4) is 0 Å². The summed E-state index contributed by atoms with van der Waals surface area (Å²) in [5.41, 5.74) is 1.68. The molecular formula is C19H18N2O3. The number of carbonyl (C=O) groups is 1. The first-order valence-electron chi connectivity index (χ1n) is 8.14. The van der Waals surface area contributed by atoms with E-state index in [-0.39, 0.29) is 18.4 Å². The van der Waals surface area contributed by atoms with Crippen LogP contribution in [0.2, 0.25) is 0 Å². The van der Waals surface area contributed by atoms with E-state index >= 15 is 0 Å². The average molecular weight is 322 g/mol. The molecule has 122 valence electrons. The standard InChI is InChI=1S/C19H18N2O3/c22-18(12-14-9-11-24-21-14)20-17-6-3-10-23-19-15-5-2-1-4-13(15)7-8-16(17)19/h1-2,4-5,7-9,11,17H,3,6,10,12H2,(H,20,22). The lowest BCUT2D eigenvalue weighted by atomic mass is 9.98. The van der Waals surface area contributed by atoms with Gasteiger partial charge in [-0.25, -0.2) is 0 Å². The molecule has 5 heteroatoms. The minimum absolute atomic E-state index is 0.0495. The lowest BCUT2D eigenvalue weighted by Crippen LogP contribution is -2.29. The fourth-order valence-electron chi connectivity index (χ4n) is 3.20. The Bertz CT molecular complexity index is 858. The number of hydrogen-bond donors (Lipinski definition) is 1. The highest BCUT2D eigenvalue weighted by atomic mass is 16.5. The summed E-state index contributed by atoms with van der Waals surface area (Å²) in [6.07, 6.45) is 3.45. The minimum Gasteiger partial charge on any atom is -0.493 e. The summed E-state index contributed by atoms with van der Waals surface area (Å²) in [6, 6.07) is 14.0. The minimum atomic E-state index is -0.0603. The lowest BCUT2D eigenvalue weighted by Gasteiger charge is -2.19. The fraction of sp³-hybridized carbons (Fsp3) is 0.263. The second-order valence-electron chi connectivity index (χ2n) is 5.98. The number of hydrogen-bond acceptors (Lipinski definition) is 4. The predicted octanol–water partition coefficient (Wildman–Crippen LogP) is 3.40. The largest absolute Gasteiger partial charge is 0.493 e. The van der Waals surface area contributed by atoms with Crippen LogP contribution in [0.5, 0.6) is 5.75 Å². The molecule has 1 aliphatic heterocycles. The summed E-state index contributed by atoms with van der Waals surface area (Å²) < 4.78 is 10.8. The van der Waals surface area contributed by atoms with Crippen molar-refractivity contribution in [2.24, 2.45) is 0 Å². The van der Waals surface area contributed by atoms with Gasteiger partial charge in [0.2, 0.25) is 5.91 Å². The Balaban J connectivity index is 1.63. The Morgan fingerprint density at radius 3 is 3.00 bits per heavy atom. The van der Waals surface area contributed by atoms with Crippen LogP contribution >= 0.6 is 0 Å². The second kappa shape index (κ2) is 6.35. The van der Waals surface area contributed by atoms with Crippen molar-refractivity contribution >= 4 is 16.7 Å². The highest BCUT2D eigenvalue weighted by molar-refractivity contribution is 5.90. The first kappa shape index (κ1) is 14.8. The van der Waals surface area contributed by atoms with Gasteiger partial charge in [-0.05, 0) is 18.2 Å².